The minimum absolute atomic E-state index is 0.0119. The van der Waals surface area contributed by atoms with Crippen molar-refractivity contribution in [1.29, 1.82) is 0 Å². The number of hydrogen-bond acceptors (Lipinski definition) is 7. The predicted molar refractivity (Wildman–Crippen MR) is 77.1 cm³/mol. The maximum atomic E-state index is 5.55. The van der Waals surface area contributed by atoms with Crippen molar-refractivity contribution in [3.63, 3.8) is 0 Å². The van der Waals surface area contributed by atoms with Gasteiger partial charge < -0.3 is 15.0 Å². The zero-order valence-corrected chi connectivity index (χ0v) is 12.6. The van der Waals surface area contributed by atoms with E-state index in [1.165, 1.54) is 11.8 Å². The van der Waals surface area contributed by atoms with Gasteiger partial charge in [0.1, 0.15) is 0 Å². The Hall–Kier alpha value is -1.83. The van der Waals surface area contributed by atoms with Crippen molar-refractivity contribution in [3.05, 3.63) is 12.4 Å². The lowest BCUT2D eigenvalue weighted by Gasteiger charge is -2.10. The molecule has 108 valence electrons. The third kappa shape index (κ3) is 4.37. The van der Waals surface area contributed by atoms with Crippen LogP contribution in [0.4, 0.5) is 5.95 Å². The van der Waals surface area contributed by atoms with Crippen LogP contribution in [-0.2, 0) is 0 Å². The summed E-state index contributed by atoms with van der Waals surface area (Å²) in [5.41, 5.74) is 0. The minimum atomic E-state index is 0.0119. The summed E-state index contributed by atoms with van der Waals surface area (Å²) < 4.78 is 5.55. The molecule has 0 aromatic carbocycles. The standard InChI is InChI=1S/C12H18N6OS/c1-4-5-13-9-16-10(19-8(2)3)18-12(17-9)20-11-14-6-7-15-11/h6-8H,4-5H2,1-3H3,(H,14,15)(H,13,16,17,18). The average molecular weight is 294 g/mol. The van der Waals surface area contributed by atoms with E-state index in [1.807, 2.05) is 13.8 Å². The first-order valence-corrected chi connectivity index (χ1v) is 7.33. The van der Waals surface area contributed by atoms with E-state index in [9.17, 15) is 0 Å². The molecule has 0 saturated carbocycles. The molecule has 0 aliphatic carbocycles. The molecule has 0 fully saturated rings. The third-order valence-electron chi connectivity index (χ3n) is 2.13. The SMILES string of the molecule is CCCNc1nc(OC(C)C)nc(Sc2ncc[nH]2)n1. The number of ether oxygens (including phenoxy) is 1. The number of anilines is 1. The molecule has 0 unspecified atom stereocenters. The number of H-pyrrole nitrogens is 1. The van der Waals surface area contributed by atoms with Crippen molar-refractivity contribution >= 4 is 17.7 Å². The molecule has 0 amide bonds. The largest absolute Gasteiger partial charge is 0.461 e. The molecule has 0 atom stereocenters. The van der Waals surface area contributed by atoms with Gasteiger partial charge in [-0.1, -0.05) is 6.92 Å². The van der Waals surface area contributed by atoms with Gasteiger partial charge in [0.2, 0.25) is 11.1 Å². The summed E-state index contributed by atoms with van der Waals surface area (Å²) in [6.07, 6.45) is 4.45. The lowest BCUT2D eigenvalue weighted by molar-refractivity contribution is 0.219. The molecule has 0 bridgehead atoms. The van der Waals surface area contributed by atoms with Gasteiger partial charge in [0.05, 0.1) is 6.10 Å². The molecule has 2 heterocycles. The molecule has 2 N–H and O–H groups in total. The highest BCUT2D eigenvalue weighted by Crippen LogP contribution is 2.23. The van der Waals surface area contributed by atoms with Gasteiger partial charge in [-0.3, -0.25) is 0 Å². The predicted octanol–water partition coefficient (Wildman–Crippen LogP) is 2.35. The highest BCUT2D eigenvalue weighted by Gasteiger charge is 2.11. The zero-order valence-electron chi connectivity index (χ0n) is 11.8. The molecule has 0 radical (unpaired) electrons. The Balaban J connectivity index is 2.19. The van der Waals surface area contributed by atoms with Crippen LogP contribution in [0.25, 0.3) is 0 Å². The fourth-order valence-corrected chi connectivity index (χ4v) is 2.03. The van der Waals surface area contributed by atoms with Crippen molar-refractivity contribution in [2.24, 2.45) is 0 Å². The van der Waals surface area contributed by atoms with Gasteiger partial charge in [-0.2, -0.15) is 15.0 Å². The average Bonchev–Trinajstić information content (AvgIpc) is 2.88. The lowest BCUT2D eigenvalue weighted by Crippen LogP contribution is -2.12. The number of nitrogens with zero attached hydrogens (tertiary/aromatic N) is 4. The lowest BCUT2D eigenvalue weighted by atomic mass is 10.5. The van der Waals surface area contributed by atoms with Gasteiger partial charge in [-0.25, -0.2) is 4.98 Å². The monoisotopic (exact) mass is 294 g/mol. The highest BCUT2D eigenvalue weighted by molar-refractivity contribution is 7.99. The van der Waals surface area contributed by atoms with Gasteiger partial charge in [0.15, 0.2) is 5.16 Å². The maximum absolute atomic E-state index is 5.55. The first-order valence-electron chi connectivity index (χ1n) is 6.51. The van der Waals surface area contributed by atoms with E-state index in [1.54, 1.807) is 12.4 Å². The Morgan fingerprint density at radius 2 is 2.20 bits per heavy atom. The Kier molecular flexibility index (Phi) is 5.16. The maximum Gasteiger partial charge on any atom is 0.322 e. The second-order valence-electron chi connectivity index (χ2n) is 4.31. The summed E-state index contributed by atoms with van der Waals surface area (Å²) in [5, 5.41) is 4.42. The number of rotatable bonds is 7. The minimum Gasteiger partial charge on any atom is -0.461 e. The third-order valence-corrected chi connectivity index (χ3v) is 2.91. The first-order chi connectivity index (χ1) is 9.67. The van der Waals surface area contributed by atoms with Crippen molar-refractivity contribution < 1.29 is 4.74 Å². The number of imidazole rings is 1. The van der Waals surface area contributed by atoms with E-state index in [0.29, 0.717) is 17.1 Å². The van der Waals surface area contributed by atoms with E-state index in [2.05, 4.69) is 37.2 Å². The summed E-state index contributed by atoms with van der Waals surface area (Å²) >= 11 is 1.33. The fraction of sp³-hybridized carbons (Fsp3) is 0.500. The number of nitrogens with one attached hydrogen (secondary N) is 2. The summed E-state index contributed by atoms with van der Waals surface area (Å²) in [7, 11) is 0. The molecule has 0 spiro atoms. The molecule has 0 aliphatic rings. The van der Waals surface area contributed by atoms with Crippen molar-refractivity contribution in [3.8, 4) is 6.01 Å². The van der Waals surface area contributed by atoms with Crippen molar-refractivity contribution in [2.45, 2.75) is 43.6 Å². The molecule has 0 aliphatic heterocycles. The summed E-state index contributed by atoms with van der Waals surface area (Å²) in [5.74, 6) is 0.520. The van der Waals surface area contributed by atoms with Crippen LogP contribution in [-0.4, -0.2) is 37.6 Å². The molecule has 20 heavy (non-hydrogen) atoms. The Morgan fingerprint density at radius 3 is 2.85 bits per heavy atom. The molecule has 7 nitrogen and oxygen atoms in total. The Labute approximate surface area is 122 Å². The molecule has 2 rings (SSSR count). The van der Waals surface area contributed by atoms with E-state index in [0.717, 1.165) is 18.1 Å². The van der Waals surface area contributed by atoms with Crippen LogP contribution in [0.15, 0.2) is 22.7 Å². The Bertz CT molecular complexity index is 531. The second-order valence-corrected chi connectivity index (χ2v) is 5.27. The van der Waals surface area contributed by atoms with E-state index in [-0.39, 0.29) is 6.10 Å². The normalized spacial score (nSPS) is 10.8. The van der Waals surface area contributed by atoms with Crippen LogP contribution in [0, 0.1) is 0 Å². The van der Waals surface area contributed by atoms with Crippen molar-refractivity contribution in [1.82, 2.24) is 24.9 Å². The van der Waals surface area contributed by atoms with Crippen LogP contribution >= 0.6 is 11.8 Å². The van der Waals surface area contributed by atoms with E-state index < -0.39 is 0 Å². The van der Waals surface area contributed by atoms with Gasteiger partial charge in [0.25, 0.3) is 0 Å². The van der Waals surface area contributed by atoms with Crippen LogP contribution in [0.5, 0.6) is 6.01 Å². The highest BCUT2D eigenvalue weighted by atomic mass is 32.2. The topological polar surface area (TPSA) is 88.6 Å². The smallest absolute Gasteiger partial charge is 0.322 e. The van der Waals surface area contributed by atoms with Crippen molar-refractivity contribution in [2.75, 3.05) is 11.9 Å². The number of aromatic nitrogens is 5. The molecule has 2 aromatic heterocycles. The van der Waals surface area contributed by atoms with Gasteiger partial charge in [-0.15, -0.1) is 0 Å². The van der Waals surface area contributed by atoms with Crippen LogP contribution in [0.3, 0.4) is 0 Å². The number of aromatic amines is 1. The zero-order chi connectivity index (χ0) is 14.4. The molecule has 2 aromatic rings. The quantitative estimate of drug-likeness (QED) is 0.810. The van der Waals surface area contributed by atoms with E-state index >= 15 is 0 Å². The van der Waals surface area contributed by atoms with Gasteiger partial charge in [-0.05, 0) is 32.0 Å². The van der Waals surface area contributed by atoms with Gasteiger partial charge in [0, 0.05) is 18.9 Å². The van der Waals surface area contributed by atoms with Crippen LogP contribution < -0.4 is 10.1 Å². The van der Waals surface area contributed by atoms with Crippen LogP contribution in [0.1, 0.15) is 27.2 Å². The second kappa shape index (κ2) is 7.09. The van der Waals surface area contributed by atoms with Crippen LogP contribution in [0.2, 0.25) is 0 Å². The summed E-state index contributed by atoms with van der Waals surface area (Å²) in [4.78, 5) is 20.0. The van der Waals surface area contributed by atoms with E-state index in [4.69, 9.17) is 4.74 Å². The summed E-state index contributed by atoms with van der Waals surface area (Å²) in [6.45, 7) is 6.75. The van der Waals surface area contributed by atoms with Gasteiger partial charge >= 0.3 is 6.01 Å². The molecule has 0 saturated heterocycles. The molecule has 8 heteroatoms. The summed E-state index contributed by atoms with van der Waals surface area (Å²) in [6, 6.07) is 0.322. The fourth-order valence-electron chi connectivity index (χ4n) is 1.36. The molecular formula is C12H18N6OS. The molecular weight excluding hydrogens is 276 g/mol. The number of hydrogen-bond donors (Lipinski definition) is 2. The first kappa shape index (κ1) is 14.6. The Morgan fingerprint density at radius 1 is 1.35 bits per heavy atom.